The summed E-state index contributed by atoms with van der Waals surface area (Å²) in [4.78, 5) is 11.3. The van der Waals surface area contributed by atoms with Gasteiger partial charge in [0.25, 0.3) is 0 Å². The molecule has 3 fully saturated rings. The Kier molecular flexibility index (Phi) is 2.26. The van der Waals surface area contributed by atoms with Crippen molar-refractivity contribution in [3.05, 3.63) is 0 Å². The van der Waals surface area contributed by atoms with Crippen LogP contribution in [0.15, 0.2) is 5.10 Å². The Balaban J connectivity index is 1.48. The Hall–Kier alpha value is -0.860. The minimum absolute atomic E-state index is 0.120. The average molecular weight is 206 g/mol. The van der Waals surface area contributed by atoms with Gasteiger partial charge in [-0.1, -0.05) is 6.42 Å². The number of rotatable bonds is 3. The van der Waals surface area contributed by atoms with Crippen LogP contribution in [0.3, 0.4) is 0 Å². The highest BCUT2D eigenvalue weighted by Gasteiger charge is 2.38. The summed E-state index contributed by atoms with van der Waals surface area (Å²) in [5.74, 6) is 2.84. The third-order valence-electron chi connectivity index (χ3n) is 4.18. The van der Waals surface area contributed by atoms with E-state index < -0.39 is 0 Å². The summed E-state index contributed by atoms with van der Waals surface area (Å²) in [6, 6.07) is 0. The molecule has 0 aromatic rings. The fourth-order valence-corrected chi connectivity index (χ4v) is 3.11. The van der Waals surface area contributed by atoms with Gasteiger partial charge in [-0.3, -0.25) is 4.79 Å². The lowest BCUT2D eigenvalue weighted by Crippen LogP contribution is -2.21. The van der Waals surface area contributed by atoms with Crippen LogP contribution in [0.2, 0.25) is 0 Å². The summed E-state index contributed by atoms with van der Waals surface area (Å²) < 4.78 is 0. The highest BCUT2D eigenvalue weighted by atomic mass is 16.2. The number of hydrazone groups is 1. The summed E-state index contributed by atoms with van der Waals surface area (Å²) in [6.07, 6.45) is 9.58. The molecular formula is C12H18N2O. The lowest BCUT2D eigenvalue weighted by atomic mass is 9.90. The molecule has 0 saturated heterocycles. The molecule has 3 saturated carbocycles. The molecule has 82 valence electrons. The molecule has 3 heteroatoms. The monoisotopic (exact) mass is 206 g/mol. The van der Waals surface area contributed by atoms with Crippen molar-refractivity contribution < 1.29 is 4.79 Å². The second-order valence-electron chi connectivity index (χ2n) is 5.37. The van der Waals surface area contributed by atoms with E-state index in [-0.39, 0.29) is 11.8 Å². The van der Waals surface area contributed by atoms with Gasteiger partial charge in [0.05, 0.1) is 0 Å². The van der Waals surface area contributed by atoms with Crippen molar-refractivity contribution in [2.45, 2.75) is 38.5 Å². The van der Waals surface area contributed by atoms with E-state index in [0.29, 0.717) is 5.92 Å². The zero-order valence-corrected chi connectivity index (χ0v) is 8.98. The summed E-state index contributed by atoms with van der Waals surface area (Å²) in [7, 11) is 0. The molecule has 0 spiro atoms. The zero-order chi connectivity index (χ0) is 10.3. The molecule has 1 amide bonds. The maximum absolute atomic E-state index is 11.3. The van der Waals surface area contributed by atoms with Gasteiger partial charge in [-0.25, -0.2) is 5.43 Å². The van der Waals surface area contributed by atoms with Crippen LogP contribution >= 0.6 is 0 Å². The Morgan fingerprint density at radius 2 is 2.07 bits per heavy atom. The second-order valence-corrected chi connectivity index (χ2v) is 5.37. The van der Waals surface area contributed by atoms with Gasteiger partial charge < -0.3 is 0 Å². The highest BCUT2D eigenvalue weighted by molar-refractivity contribution is 5.81. The van der Waals surface area contributed by atoms with Gasteiger partial charge in [-0.15, -0.1) is 0 Å². The Labute approximate surface area is 90.3 Å². The Bertz CT molecular complexity index is 296. The third kappa shape index (κ3) is 1.92. The molecule has 3 nitrogen and oxygen atoms in total. The predicted octanol–water partition coefficient (Wildman–Crippen LogP) is 1.93. The molecule has 0 aromatic carbocycles. The van der Waals surface area contributed by atoms with Crippen molar-refractivity contribution in [2.75, 3.05) is 0 Å². The van der Waals surface area contributed by atoms with E-state index in [1.54, 1.807) is 0 Å². The van der Waals surface area contributed by atoms with Gasteiger partial charge in [-0.2, -0.15) is 5.10 Å². The molecule has 0 radical (unpaired) electrons. The number of nitrogens with one attached hydrogen (secondary N) is 1. The SMILES string of the molecule is O=C(NN=CC1CC2CCC1C2)C1CC1. The zero-order valence-electron chi connectivity index (χ0n) is 8.98. The van der Waals surface area contributed by atoms with E-state index >= 15 is 0 Å². The lowest BCUT2D eigenvalue weighted by molar-refractivity contribution is -0.122. The Morgan fingerprint density at radius 1 is 1.20 bits per heavy atom. The van der Waals surface area contributed by atoms with Crippen LogP contribution in [-0.2, 0) is 4.79 Å². The van der Waals surface area contributed by atoms with Crippen molar-refractivity contribution in [3.63, 3.8) is 0 Å². The molecule has 3 aliphatic carbocycles. The topological polar surface area (TPSA) is 41.5 Å². The van der Waals surface area contributed by atoms with Crippen molar-refractivity contribution in [3.8, 4) is 0 Å². The van der Waals surface area contributed by atoms with Crippen LogP contribution in [0.5, 0.6) is 0 Å². The van der Waals surface area contributed by atoms with E-state index in [1.165, 1.54) is 25.7 Å². The predicted molar refractivity (Wildman–Crippen MR) is 58.3 cm³/mol. The molecule has 3 aliphatic rings. The van der Waals surface area contributed by atoms with E-state index in [0.717, 1.165) is 24.7 Å². The number of carbonyl (C=O) groups excluding carboxylic acids is 1. The average Bonchev–Trinajstić information content (AvgIpc) is 2.90. The molecule has 3 rings (SSSR count). The van der Waals surface area contributed by atoms with Crippen LogP contribution in [-0.4, -0.2) is 12.1 Å². The van der Waals surface area contributed by atoms with E-state index in [9.17, 15) is 4.79 Å². The van der Waals surface area contributed by atoms with Crippen LogP contribution in [0.25, 0.3) is 0 Å². The number of hydrogen-bond acceptors (Lipinski definition) is 2. The van der Waals surface area contributed by atoms with Gasteiger partial charge in [-0.05, 0) is 49.9 Å². The summed E-state index contributed by atoms with van der Waals surface area (Å²) in [5.41, 5.74) is 2.66. The third-order valence-corrected chi connectivity index (χ3v) is 4.18. The van der Waals surface area contributed by atoms with Gasteiger partial charge in [0.15, 0.2) is 0 Å². The van der Waals surface area contributed by atoms with Crippen molar-refractivity contribution >= 4 is 12.1 Å². The standard InChI is InChI=1S/C12H18N2O/c15-12(9-3-4-9)14-13-7-11-6-8-1-2-10(11)5-8/h7-11H,1-6H2,(H,14,15). The van der Waals surface area contributed by atoms with E-state index in [2.05, 4.69) is 10.5 Å². The van der Waals surface area contributed by atoms with Gasteiger partial charge in [0.1, 0.15) is 0 Å². The maximum atomic E-state index is 11.3. The minimum atomic E-state index is 0.120. The van der Waals surface area contributed by atoms with Gasteiger partial charge in [0.2, 0.25) is 5.91 Å². The van der Waals surface area contributed by atoms with Crippen LogP contribution in [0.4, 0.5) is 0 Å². The first-order chi connectivity index (χ1) is 7.33. The van der Waals surface area contributed by atoms with Crippen LogP contribution in [0, 0.1) is 23.7 Å². The fourth-order valence-electron chi connectivity index (χ4n) is 3.11. The smallest absolute Gasteiger partial charge is 0.243 e. The summed E-state index contributed by atoms with van der Waals surface area (Å²) in [5, 5.41) is 4.11. The molecule has 0 aromatic heterocycles. The highest BCUT2D eigenvalue weighted by Crippen LogP contribution is 2.47. The molecule has 3 unspecified atom stereocenters. The van der Waals surface area contributed by atoms with Crippen molar-refractivity contribution in [1.82, 2.24) is 5.43 Å². The largest absolute Gasteiger partial charge is 0.273 e. The first-order valence-corrected chi connectivity index (χ1v) is 6.16. The van der Waals surface area contributed by atoms with Crippen molar-refractivity contribution in [2.24, 2.45) is 28.8 Å². The molecule has 1 N–H and O–H groups in total. The second kappa shape index (κ2) is 3.62. The first kappa shape index (κ1) is 9.37. The normalized spacial score (nSPS) is 38.8. The first-order valence-electron chi connectivity index (χ1n) is 6.16. The van der Waals surface area contributed by atoms with Gasteiger partial charge >= 0.3 is 0 Å². The number of hydrogen-bond donors (Lipinski definition) is 1. The maximum Gasteiger partial charge on any atom is 0.243 e. The van der Waals surface area contributed by atoms with Crippen molar-refractivity contribution in [1.29, 1.82) is 0 Å². The number of fused-ring (bicyclic) bond motifs is 2. The lowest BCUT2D eigenvalue weighted by Gasteiger charge is -2.16. The molecule has 2 bridgehead atoms. The molecule has 0 aliphatic heterocycles. The number of carbonyl (C=O) groups is 1. The summed E-state index contributed by atoms with van der Waals surface area (Å²) >= 11 is 0. The van der Waals surface area contributed by atoms with E-state index in [4.69, 9.17) is 0 Å². The minimum Gasteiger partial charge on any atom is -0.273 e. The quantitative estimate of drug-likeness (QED) is 0.556. The summed E-state index contributed by atoms with van der Waals surface area (Å²) in [6.45, 7) is 0. The molecule has 3 atom stereocenters. The number of nitrogens with zero attached hydrogens (tertiary/aromatic N) is 1. The number of amides is 1. The van der Waals surface area contributed by atoms with E-state index in [1.807, 2.05) is 6.21 Å². The molecule has 0 heterocycles. The molecule has 15 heavy (non-hydrogen) atoms. The van der Waals surface area contributed by atoms with Crippen LogP contribution < -0.4 is 5.43 Å². The van der Waals surface area contributed by atoms with Crippen LogP contribution in [0.1, 0.15) is 38.5 Å². The molecular weight excluding hydrogens is 188 g/mol. The fraction of sp³-hybridized carbons (Fsp3) is 0.833. The van der Waals surface area contributed by atoms with Gasteiger partial charge in [0, 0.05) is 12.1 Å². The Morgan fingerprint density at radius 3 is 2.67 bits per heavy atom.